The maximum absolute atomic E-state index is 5.81. The van der Waals surface area contributed by atoms with E-state index in [1.165, 1.54) is 5.56 Å². The molecule has 2 nitrogen and oxygen atoms in total. The highest BCUT2D eigenvalue weighted by Gasteiger charge is 2.29. The molecule has 0 saturated carbocycles. The van der Waals surface area contributed by atoms with Gasteiger partial charge in [0.2, 0.25) is 0 Å². The summed E-state index contributed by atoms with van der Waals surface area (Å²) in [5.41, 5.74) is 1.30. The van der Waals surface area contributed by atoms with Gasteiger partial charge in [-0.25, -0.2) is 0 Å². The highest BCUT2D eigenvalue weighted by Crippen LogP contribution is 2.16. The first-order valence-electron chi connectivity index (χ1n) is 4.80. The number of nitrogens with one attached hydrogen (secondary N) is 1. The van der Waals surface area contributed by atoms with Crippen molar-refractivity contribution in [1.29, 1.82) is 0 Å². The number of halogens is 1. The highest BCUT2D eigenvalue weighted by molar-refractivity contribution is 6.30. The van der Waals surface area contributed by atoms with E-state index in [0.717, 1.165) is 18.0 Å². The molecule has 2 atom stereocenters. The van der Waals surface area contributed by atoms with Crippen LogP contribution < -0.4 is 5.32 Å². The second kappa shape index (κ2) is 4.30. The molecule has 0 aliphatic carbocycles. The fourth-order valence-corrected chi connectivity index (χ4v) is 1.83. The van der Waals surface area contributed by atoms with E-state index in [2.05, 4.69) is 17.4 Å². The molecule has 1 N–H and O–H groups in total. The average Bonchev–Trinajstić information content (AvgIpc) is 2.16. The number of methoxy groups -OCH3 is 1. The molecule has 1 heterocycles. The Bertz CT molecular complexity index is 297. The Kier molecular flexibility index (Phi) is 3.06. The van der Waals surface area contributed by atoms with Gasteiger partial charge >= 0.3 is 0 Å². The Morgan fingerprint density at radius 2 is 2.14 bits per heavy atom. The van der Waals surface area contributed by atoms with E-state index in [1.54, 1.807) is 7.11 Å². The summed E-state index contributed by atoms with van der Waals surface area (Å²) in [5.74, 6) is 0. The van der Waals surface area contributed by atoms with Crippen molar-refractivity contribution in [3.05, 3.63) is 34.9 Å². The number of hydrogen-bond acceptors (Lipinski definition) is 2. The van der Waals surface area contributed by atoms with Gasteiger partial charge in [0, 0.05) is 24.7 Å². The zero-order valence-corrected chi connectivity index (χ0v) is 8.92. The van der Waals surface area contributed by atoms with Crippen molar-refractivity contribution in [2.45, 2.75) is 18.6 Å². The van der Waals surface area contributed by atoms with Gasteiger partial charge in [0.25, 0.3) is 0 Å². The average molecular weight is 212 g/mol. The smallest absolute Gasteiger partial charge is 0.0851 e. The van der Waals surface area contributed by atoms with E-state index < -0.39 is 0 Å². The maximum atomic E-state index is 5.81. The van der Waals surface area contributed by atoms with Crippen molar-refractivity contribution >= 4 is 11.6 Å². The molecule has 1 aliphatic rings. The fourth-order valence-electron chi connectivity index (χ4n) is 1.71. The maximum Gasteiger partial charge on any atom is 0.0851 e. The molecule has 0 radical (unpaired) electrons. The summed E-state index contributed by atoms with van der Waals surface area (Å²) >= 11 is 5.81. The monoisotopic (exact) mass is 211 g/mol. The Balaban J connectivity index is 1.94. The second-order valence-electron chi connectivity index (χ2n) is 3.62. The topological polar surface area (TPSA) is 21.3 Å². The predicted octanol–water partition coefficient (Wildman–Crippen LogP) is 1.87. The van der Waals surface area contributed by atoms with E-state index in [9.17, 15) is 0 Å². The lowest BCUT2D eigenvalue weighted by Gasteiger charge is -2.37. The summed E-state index contributed by atoms with van der Waals surface area (Å²) in [6.45, 7) is 0.967. The molecule has 1 fully saturated rings. The lowest BCUT2D eigenvalue weighted by Crippen LogP contribution is -2.59. The molecule has 0 bridgehead atoms. The van der Waals surface area contributed by atoms with Gasteiger partial charge in [-0.15, -0.1) is 0 Å². The minimum Gasteiger partial charge on any atom is -0.378 e. The first-order valence-corrected chi connectivity index (χ1v) is 5.18. The number of benzene rings is 1. The molecule has 2 rings (SSSR count). The van der Waals surface area contributed by atoms with E-state index in [0.29, 0.717) is 12.1 Å². The summed E-state index contributed by atoms with van der Waals surface area (Å²) in [4.78, 5) is 0. The summed E-state index contributed by atoms with van der Waals surface area (Å²) in [5, 5.41) is 4.14. The molecule has 0 amide bonds. The molecule has 2 unspecified atom stereocenters. The Morgan fingerprint density at radius 1 is 1.43 bits per heavy atom. The van der Waals surface area contributed by atoms with Crippen molar-refractivity contribution < 1.29 is 4.74 Å². The van der Waals surface area contributed by atoms with E-state index in [4.69, 9.17) is 16.3 Å². The first-order chi connectivity index (χ1) is 6.79. The van der Waals surface area contributed by atoms with Crippen LogP contribution in [-0.4, -0.2) is 25.8 Å². The molecule has 14 heavy (non-hydrogen) atoms. The lowest BCUT2D eigenvalue weighted by molar-refractivity contribution is 0.0163. The van der Waals surface area contributed by atoms with Crippen molar-refractivity contribution in [3.8, 4) is 0 Å². The van der Waals surface area contributed by atoms with Crippen molar-refractivity contribution in [3.63, 3.8) is 0 Å². The number of rotatable bonds is 3. The zero-order chi connectivity index (χ0) is 9.97. The molecule has 1 saturated heterocycles. The standard InChI is InChI=1S/C11H14ClNO/c1-14-11-7-13-10(11)6-8-2-4-9(12)5-3-8/h2-5,10-11,13H,6-7H2,1H3. The summed E-state index contributed by atoms with van der Waals surface area (Å²) in [6.07, 6.45) is 1.38. The van der Waals surface area contributed by atoms with E-state index >= 15 is 0 Å². The predicted molar refractivity (Wildman–Crippen MR) is 57.7 cm³/mol. The minimum atomic E-state index is 0.366. The van der Waals surface area contributed by atoms with Crippen molar-refractivity contribution in [2.75, 3.05) is 13.7 Å². The van der Waals surface area contributed by atoms with Gasteiger partial charge in [0.05, 0.1) is 6.10 Å². The third-order valence-electron chi connectivity index (χ3n) is 2.70. The van der Waals surface area contributed by atoms with Crippen LogP contribution in [0.25, 0.3) is 0 Å². The fraction of sp³-hybridized carbons (Fsp3) is 0.455. The van der Waals surface area contributed by atoms with E-state index in [1.807, 2.05) is 12.1 Å². The molecule has 0 aromatic heterocycles. The SMILES string of the molecule is COC1CNC1Cc1ccc(Cl)cc1. The third kappa shape index (κ3) is 2.08. The Labute approximate surface area is 89.2 Å². The van der Waals surface area contributed by atoms with Crippen LogP contribution in [0.2, 0.25) is 5.02 Å². The van der Waals surface area contributed by atoms with Gasteiger partial charge < -0.3 is 10.1 Å². The third-order valence-corrected chi connectivity index (χ3v) is 2.95. The molecule has 1 aliphatic heterocycles. The second-order valence-corrected chi connectivity index (χ2v) is 4.06. The van der Waals surface area contributed by atoms with Crippen LogP contribution >= 0.6 is 11.6 Å². The Morgan fingerprint density at radius 3 is 2.64 bits per heavy atom. The van der Waals surface area contributed by atoms with Crippen LogP contribution in [0, 0.1) is 0 Å². The van der Waals surface area contributed by atoms with Crippen molar-refractivity contribution in [1.82, 2.24) is 5.32 Å². The number of ether oxygens (including phenoxy) is 1. The van der Waals surface area contributed by atoms with Gasteiger partial charge in [-0.3, -0.25) is 0 Å². The molecule has 1 aromatic carbocycles. The van der Waals surface area contributed by atoms with Gasteiger partial charge in [0.1, 0.15) is 0 Å². The summed E-state index contributed by atoms with van der Waals surface area (Å²) in [7, 11) is 1.76. The Hall–Kier alpha value is -0.570. The van der Waals surface area contributed by atoms with Gasteiger partial charge in [-0.2, -0.15) is 0 Å². The molecule has 76 valence electrons. The quantitative estimate of drug-likeness (QED) is 0.824. The summed E-state index contributed by atoms with van der Waals surface area (Å²) < 4.78 is 5.31. The van der Waals surface area contributed by atoms with Gasteiger partial charge in [0.15, 0.2) is 0 Å². The molecule has 1 aromatic rings. The minimum absolute atomic E-state index is 0.366. The highest BCUT2D eigenvalue weighted by atomic mass is 35.5. The van der Waals surface area contributed by atoms with Crippen LogP contribution in [-0.2, 0) is 11.2 Å². The van der Waals surface area contributed by atoms with Crippen LogP contribution in [0.1, 0.15) is 5.56 Å². The number of hydrogen-bond donors (Lipinski definition) is 1. The van der Waals surface area contributed by atoms with Crippen LogP contribution in [0.3, 0.4) is 0 Å². The van der Waals surface area contributed by atoms with Crippen LogP contribution in [0.15, 0.2) is 24.3 Å². The molecule has 0 spiro atoms. The zero-order valence-electron chi connectivity index (χ0n) is 8.16. The van der Waals surface area contributed by atoms with E-state index in [-0.39, 0.29) is 0 Å². The van der Waals surface area contributed by atoms with Crippen LogP contribution in [0.5, 0.6) is 0 Å². The van der Waals surface area contributed by atoms with Gasteiger partial charge in [-0.05, 0) is 24.1 Å². The molecule has 3 heteroatoms. The largest absolute Gasteiger partial charge is 0.378 e. The molecular formula is C11H14ClNO. The normalized spacial score (nSPS) is 25.9. The lowest BCUT2D eigenvalue weighted by atomic mass is 9.95. The van der Waals surface area contributed by atoms with Gasteiger partial charge in [-0.1, -0.05) is 23.7 Å². The van der Waals surface area contributed by atoms with Crippen LogP contribution in [0.4, 0.5) is 0 Å². The van der Waals surface area contributed by atoms with Crippen molar-refractivity contribution in [2.24, 2.45) is 0 Å². The first kappa shape index (κ1) is 9.97. The molecular weight excluding hydrogens is 198 g/mol. The summed E-state index contributed by atoms with van der Waals surface area (Å²) in [6, 6.07) is 8.44.